The molecule has 0 saturated heterocycles. The van der Waals surface area contributed by atoms with Gasteiger partial charge in [0.15, 0.2) is 5.78 Å². The first kappa shape index (κ1) is 12.2. The van der Waals surface area contributed by atoms with E-state index in [1.54, 1.807) is 12.1 Å². The molecule has 0 fully saturated rings. The second-order valence-corrected chi connectivity index (χ2v) is 3.39. The number of hydrogen-bond acceptors (Lipinski definition) is 3. The van der Waals surface area contributed by atoms with Crippen molar-refractivity contribution >= 4 is 11.8 Å². The monoisotopic (exact) mass is 222 g/mol. The van der Waals surface area contributed by atoms with Crippen LogP contribution < -0.4 is 4.74 Å². The molecule has 1 aromatic rings. The average Bonchev–Trinajstić information content (AvgIpc) is 2.27. The summed E-state index contributed by atoms with van der Waals surface area (Å²) in [6.07, 6.45) is 0.641. The molecule has 4 heteroatoms. The molecule has 1 rings (SSSR count). The van der Waals surface area contributed by atoms with Gasteiger partial charge in [0.1, 0.15) is 12.4 Å². The minimum absolute atomic E-state index is 0.00360. The van der Waals surface area contributed by atoms with Crippen molar-refractivity contribution in [1.29, 1.82) is 0 Å². The fourth-order valence-electron chi connectivity index (χ4n) is 1.19. The molecular weight excluding hydrogens is 208 g/mol. The van der Waals surface area contributed by atoms with Crippen LogP contribution in [0.25, 0.3) is 0 Å². The summed E-state index contributed by atoms with van der Waals surface area (Å²) in [6, 6.07) is 9.05. The minimum Gasteiger partial charge on any atom is -0.486 e. The van der Waals surface area contributed by atoms with E-state index in [-0.39, 0.29) is 25.2 Å². The number of para-hydroxylation sites is 1. The molecule has 86 valence electrons. The third-order valence-corrected chi connectivity index (χ3v) is 1.99. The van der Waals surface area contributed by atoms with E-state index in [0.717, 1.165) is 0 Å². The Labute approximate surface area is 93.9 Å². The lowest BCUT2D eigenvalue weighted by molar-refractivity contribution is -0.137. The Morgan fingerprint density at radius 1 is 1.12 bits per heavy atom. The highest BCUT2D eigenvalue weighted by atomic mass is 16.5. The molecule has 0 amide bonds. The van der Waals surface area contributed by atoms with Crippen molar-refractivity contribution in [1.82, 2.24) is 0 Å². The maximum Gasteiger partial charge on any atom is 0.303 e. The number of aliphatic carboxylic acids is 1. The zero-order valence-electron chi connectivity index (χ0n) is 8.89. The highest BCUT2D eigenvalue weighted by Crippen LogP contribution is 2.08. The van der Waals surface area contributed by atoms with E-state index < -0.39 is 5.97 Å². The van der Waals surface area contributed by atoms with E-state index in [9.17, 15) is 9.59 Å². The first-order valence-electron chi connectivity index (χ1n) is 5.10. The number of ketones is 1. The fraction of sp³-hybridized carbons (Fsp3) is 0.333. The second kappa shape index (κ2) is 6.61. The molecule has 0 saturated carbocycles. The van der Waals surface area contributed by atoms with Gasteiger partial charge in [0.2, 0.25) is 0 Å². The number of carbonyl (C=O) groups is 2. The van der Waals surface area contributed by atoms with Crippen molar-refractivity contribution in [3.05, 3.63) is 30.3 Å². The molecule has 0 radical (unpaired) electrons. The maximum absolute atomic E-state index is 11.3. The van der Waals surface area contributed by atoms with Gasteiger partial charge in [-0.2, -0.15) is 0 Å². The summed E-state index contributed by atoms with van der Waals surface area (Å²) >= 11 is 0. The number of carbonyl (C=O) groups excluding carboxylic acids is 1. The SMILES string of the molecule is O=C(O)CCCC(=O)COc1ccccc1. The number of carboxylic acid groups (broad SMARTS) is 1. The fourth-order valence-corrected chi connectivity index (χ4v) is 1.19. The van der Waals surface area contributed by atoms with Gasteiger partial charge >= 0.3 is 5.97 Å². The smallest absolute Gasteiger partial charge is 0.303 e. The van der Waals surface area contributed by atoms with E-state index in [4.69, 9.17) is 9.84 Å². The van der Waals surface area contributed by atoms with E-state index in [0.29, 0.717) is 12.2 Å². The molecule has 0 bridgehead atoms. The molecule has 0 aliphatic heterocycles. The summed E-state index contributed by atoms with van der Waals surface area (Å²) < 4.78 is 5.23. The van der Waals surface area contributed by atoms with Crippen LogP contribution in [0.2, 0.25) is 0 Å². The lowest BCUT2D eigenvalue weighted by atomic mass is 10.2. The quantitative estimate of drug-likeness (QED) is 0.765. The summed E-state index contributed by atoms with van der Waals surface area (Å²) in [6.45, 7) is 0.00360. The van der Waals surface area contributed by atoms with Crippen LogP contribution >= 0.6 is 0 Å². The zero-order valence-corrected chi connectivity index (χ0v) is 8.89. The summed E-state index contributed by atoms with van der Waals surface area (Å²) in [5.41, 5.74) is 0. The Hall–Kier alpha value is -1.84. The first-order valence-corrected chi connectivity index (χ1v) is 5.10. The Balaban J connectivity index is 2.18. The van der Waals surface area contributed by atoms with Gasteiger partial charge in [-0.1, -0.05) is 18.2 Å². The van der Waals surface area contributed by atoms with Crippen LogP contribution in [0.5, 0.6) is 5.75 Å². The number of ether oxygens (including phenoxy) is 1. The molecule has 0 unspecified atom stereocenters. The van der Waals surface area contributed by atoms with Gasteiger partial charge in [0, 0.05) is 12.8 Å². The largest absolute Gasteiger partial charge is 0.486 e. The molecule has 1 N–H and O–H groups in total. The number of hydrogen-bond donors (Lipinski definition) is 1. The predicted molar refractivity (Wildman–Crippen MR) is 58.4 cm³/mol. The third kappa shape index (κ3) is 5.14. The average molecular weight is 222 g/mol. The second-order valence-electron chi connectivity index (χ2n) is 3.39. The van der Waals surface area contributed by atoms with E-state index in [1.807, 2.05) is 18.2 Å². The predicted octanol–water partition coefficient (Wildman–Crippen LogP) is 1.89. The summed E-state index contributed by atoms with van der Waals surface area (Å²) in [5, 5.41) is 8.39. The molecule has 0 atom stereocenters. The van der Waals surface area contributed by atoms with Crippen molar-refractivity contribution < 1.29 is 19.4 Å². The minimum atomic E-state index is -0.878. The molecule has 0 aromatic heterocycles. The molecule has 0 heterocycles. The Kier molecular flexibility index (Phi) is 5.05. The van der Waals surface area contributed by atoms with Crippen LogP contribution in [0.1, 0.15) is 19.3 Å². The Bertz CT molecular complexity index is 345. The van der Waals surface area contributed by atoms with Crippen molar-refractivity contribution in [3.8, 4) is 5.75 Å². The topological polar surface area (TPSA) is 63.6 Å². The summed E-state index contributed by atoms with van der Waals surface area (Å²) in [4.78, 5) is 21.5. The standard InChI is InChI=1S/C12H14O4/c13-10(5-4-8-12(14)15)9-16-11-6-2-1-3-7-11/h1-3,6-7H,4-5,8-9H2,(H,14,15). The normalized spacial score (nSPS) is 9.75. The van der Waals surface area contributed by atoms with Gasteiger partial charge in [-0.3, -0.25) is 9.59 Å². The van der Waals surface area contributed by atoms with Gasteiger partial charge in [0.05, 0.1) is 0 Å². The van der Waals surface area contributed by atoms with E-state index >= 15 is 0 Å². The van der Waals surface area contributed by atoms with Crippen LogP contribution in [0, 0.1) is 0 Å². The third-order valence-electron chi connectivity index (χ3n) is 1.99. The van der Waals surface area contributed by atoms with Crippen molar-refractivity contribution in [2.24, 2.45) is 0 Å². The highest BCUT2D eigenvalue weighted by Gasteiger charge is 2.04. The molecule has 16 heavy (non-hydrogen) atoms. The maximum atomic E-state index is 11.3. The van der Waals surface area contributed by atoms with Crippen LogP contribution in [0.3, 0.4) is 0 Å². The number of benzene rings is 1. The number of Topliss-reactive ketones (excluding diaryl/α,β-unsaturated/α-hetero) is 1. The number of carboxylic acids is 1. The summed E-state index contributed by atoms with van der Waals surface area (Å²) in [7, 11) is 0. The van der Waals surface area contributed by atoms with Gasteiger partial charge in [-0.15, -0.1) is 0 Å². The van der Waals surface area contributed by atoms with Crippen LogP contribution in [0.4, 0.5) is 0 Å². The lowest BCUT2D eigenvalue weighted by Gasteiger charge is -2.04. The van der Waals surface area contributed by atoms with E-state index in [2.05, 4.69) is 0 Å². The molecule has 0 aliphatic rings. The number of rotatable bonds is 7. The molecule has 4 nitrogen and oxygen atoms in total. The van der Waals surface area contributed by atoms with Crippen molar-refractivity contribution in [3.63, 3.8) is 0 Å². The van der Waals surface area contributed by atoms with Gasteiger partial charge in [-0.05, 0) is 18.6 Å². The zero-order chi connectivity index (χ0) is 11.8. The van der Waals surface area contributed by atoms with Crippen LogP contribution in [-0.4, -0.2) is 23.5 Å². The van der Waals surface area contributed by atoms with Crippen molar-refractivity contribution in [2.45, 2.75) is 19.3 Å². The van der Waals surface area contributed by atoms with Crippen LogP contribution in [0.15, 0.2) is 30.3 Å². The lowest BCUT2D eigenvalue weighted by Crippen LogP contribution is -2.11. The van der Waals surface area contributed by atoms with Crippen molar-refractivity contribution in [2.75, 3.05) is 6.61 Å². The van der Waals surface area contributed by atoms with Crippen LogP contribution in [-0.2, 0) is 9.59 Å². The van der Waals surface area contributed by atoms with Gasteiger partial charge in [-0.25, -0.2) is 0 Å². The molecular formula is C12H14O4. The van der Waals surface area contributed by atoms with Gasteiger partial charge < -0.3 is 9.84 Å². The molecule has 1 aromatic carbocycles. The Morgan fingerprint density at radius 2 is 1.81 bits per heavy atom. The van der Waals surface area contributed by atoms with E-state index in [1.165, 1.54) is 0 Å². The molecule has 0 aliphatic carbocycles. The molecule has 0 spiro atoms. The Morgan fingerprint density at radius 3 is 2.44 bits per heavy atom. The highest BCUT2D eigenvalue weighted by molar-refractivity contribution is 5.80. The summed E-state index contributed by atoms with van der Waals surface area (Å²) in [5.74, 6) is -0.309. The first-order chi connectivity index (χ1) is 7.68. The van der Waals surface area contributed by atoms with Gasteiger partial charge in [0.25, 0.3) is 0 Å².